The van der Waals surface area contributed by atoms with Crippen molar-refractivity contribution in [2.24, 2.45) is 4.99 Å². The molecule has 0 unspecified atom stereocenters. The molecule has 0 aromatic carbocycles. The summed E-state index contributed by atoms with van der Waals surface area (Å²) in [6.07, 6.45) is 2.58. The van der Waals surface area contributed by atoms with Crippen LogP contribution in [-0.2, 0) is 21.3 Å². The first-order valence-electron chi connectivity index (χ1n) is 10.0. The summed E-state index contributed by atoms with van der Waals surface area (Å²) in [6.45, 7) is 9.22. The molecule has 0 bridgehead atoms. The van der Waals surface area contributed by atoms with Crippen LogP contribution >= 0.6 is 24.0 Å². The average molecular weight is 573 g/mol. The summed E-state index contributed by atoms with van der Waals surface area (Å²) >= 11 is 0. The molecule has 0 saturated carbocycles. The molecule has 178 valence electrons. The Morgan fingerprint density at radius 1 is 1.35 bits per heavy atom. The van der Waals surface area contributed by atoms with Crippen LogP contribution in [-0.4, -0.2) is 96.0 Å². The zero-order valence-electron chi connectivity index (χ0n) is 18.1. The molecule has 0 amide bonds. The van der Waals surface area contributed by atoms with Gasteiger partial charge in [-0.05, 0) is 20.8 Å². The van der Waals surface area contributed by atoms with Crippen molar-refractivity contribution in [3.63, 3.8) is 0 Å². The number of aromatic nitrogens is 2. The van der Waals surface area contributed by atoms with Gasteiger partial charge in [-0.3, -0.25) is 19.8 Å². The van der Waals surface area contributed by atoms with Crippen LogP contribution < -0.4 is 5.32 Å². The second kappa shape index (κ2) is 13.1. The summed E-state index contributed by atoms with van der Waals surface area (Å²) in [4.78, 5) is 16.8. The van der Waals surface area contributed by atoms with E-state index in [9.17, 15) is 18.5 Å². The minimum Gasteiger partial charge on any atom is -0.378 e. The van der Waals surface area contributed by atoms with Crippen molar-refractivity contribution < 1.29 is 18.1 Å². The van der Waals surface area contributed by atoms with Crippen molar-refractivity contribution >= 4 is 45.6 Å². The van der Waals surface area contributed by atoms with Gasteiger partial charge in [0.05, 0.1) is 36.5 Å². The van der Waals surface area contributed by atoms with Crippen molar-refractivity contribution in [3.05, 3.63) is 22.5 Å². The van der Waals surface area contributed by atoms with Crippen LogP contribution in [0.25, 0.3) is 0 Å². The van der Waals surface area contributed by atoms with Gasteiger partial charge >= 0.3 is 5.69 Å². The molecule has 12 nitrogen and oxygen atoms in total. The monoisotopic (exact) mass is 573 g/mol. The SMILES string of the molecule is CCNC(=NCCn1cc([N+](=O)[O-])cn1)N1CCN(S(=O)(=O)CCOC(C)C)CC1.I. The second-order valence-corrected chi connectivity index (χ2v) is 9.16. The smallest absolute Gasteiger partial charge is 0.306 e. The van der Waals surface area contributed by atoms with Gasteiger partial charge in [0, 0.05) is 32.7 Å². The number of guanidine groups is 1. The van der Waals surface area contributed by atoms with E-state index in [0.717, 1.165) is 0 Å². The Morgan fingerprint density at radius 2 is 2.03 bits per heavy atom. The number of aliphatic imine (C=N–C) groups is 1. The summed E-state index contributed by atoms with van der Waals surface area (Å²) in [5.41, 5.74) is -0.0537. The van der Waals surface area contributed by atoms with Gasteiger partial charge in [0.1, 0.15) is 12.4 Å². The zero-order chi connectivity index (χ0) is 22.1. The Balaban J connectivity index is 0.00000480. The standard InChI is InChI=1S/C17H31N7O5S.HI/c1-4-18-17(19-5-6-22-14-16(13-20-22)24(25)26)21-7-9-23(10-8-21)30(27,28)12-11-29-15(2)3;/h13-15H,4-12H2,1-3H3,(H,18,19);1H. The molecule has 14 heteroatoms. The van der Waals surface area contributed by atoms with Gasteiger partial charge < -0.3 is 15.0 Å². The summed E-state index contributed by atoms with van der Waals surface area (Å²) < 4.78 is 33.3. The van der Waals surface area contributed by atoms with Gasteiger partial charge in [-0.25, -0.2) is 8.42 Å². The maximum absolute atomic E-state index is 12.5. The zero-order valence-corrected chi connectivity index (χ0v) is 21.3. The number of rotatable bonds is 10. The minimum absolute atomic E-state index is 0. The molecule has 2 rings (SSSR count). The fourth-order valence-electron chi connectivity index (χ4n) is 2.95. The number of nitrogens with zero attached hydrogens (tertiary/aromatic N) is 6. The number of ether oxygens (including phenoxy) is 1. The first-order valence-corrected chi connectivity index (χ1v) is 11.6. The molecule has 0 aliphatic carbocycles. The molecule has 0 spiro atoms. The second-order valence-electron chi connectivity index (χ2n) is 7.08. The number of piperazine rings is 1. The topological polar surface area (TPSA) is 135 Å². The van der Waals surface area contributed by atoms with Crippen LogP contribution in [0.4, 0.5) is 5.69 Å². The fraction of sp³-hybridized carbons (Fsp3) is 0.765. The molecule has 1 fully saturated rings. The summed E-state index contributed by atoms with van der Waals surface area (Å²) in [6, 6.07) is 0. The van der Waals surface area contributed by atoms with Crippen LogP contribution in [0.15, 0.2) is 17.4 Å². The number of hydrogen-bond donors (Lipinski definition) is 1. The van der Waals surface area contributed by atoms with Crippen LogP contribution in [0.2, 0.25) is 0 Å². The molecular weight excluding hydrogens is 541 g/mol. The predicted octanol–water partition coefficient (Wildman–Crippen LogP) is 0.747. The van der Waals surface area contributed by atoms with Gasteiger partial charge in [-0.2, -0.15) is 9.40 Å². The molecule has 1 aromatic rings. The van der Waals surface area contributed by atoms with Crippen molar-refractivity contribution in [2.75, 3.05) is 51.6 Å². The van der Waals surface area contributed by atoms with Gasteiger partial charge in [0.15, 0.2) is 5.96 Å². The molecule has 31 heavy (non-hydrogen) atoms. The lowest BCUT2D eigenvalue weighted by Gasteiger charge is -2.35. The maximum atomic E-state index is 12.5. The van der Waals surface area contributed by atoms with Crippen LogP contribution in [0.3, 0.4) is 0 Å². The molecule has 2 heterocycles. The lowest BCUT2D eigenvalue weighted by molar-refractivity contribution is -0.385. The van der Waals surface area contributed by atoms with Gasteiger partial charge in [-0.15, -0.1) is 24.0 Å². The highest BCUT2D eigenvalue weighted by Gasteiger charge is 2.28. The average Bonchev–Trinajstić information content (AvgIpc) is 3.16. The molecular formula is C17H32IN7O5S. The van der Waals surface area contributed by atoms with Gasteiger partial charge in [0.2, 0.25) is 10.0 Å². The highest BCUT2D eigenvalue weighted by molar-refractivity contribution is 14.0. The molecule has 1 saturated heterocycles. The molecule has 1 aliphatic heterocycles. The van der Waals surface area contributed by atoms with E-state index in [-0.39, 0.29) is 48.1 Å². The number of sulfonamides is 1. The Bertz CT molecular complexity index is 823. The Labute approximate surface area is 200 Å². The fourth-order valence-corrected chi connectivity index (χ4v) is 4.23. The number of nitro groups is 1. The van der Waals surface area contributed by atoms with Crippen LogP contribution in [0.5, 0.6) is 0 Å². The van der Waals surface area contributed by atoms with Crippen molar-refractivity contribution in [3.8, 4) is 0 Å². The molecule has 0 atom stereocenters. The van der Waals surface area contributed by atoms with E-state index in [1.165, 1.54) is 21.4 Å². The first kappa shape index (κ1) is 27.5. The van der Waals surface area contributed by atoms with E-state index in [0.29, 0.717) is 51.8 Å². The third-order valence-corrected chi connectivity index (χ3v) is 6.31. The van der Waals surface area contributed by atoms with E-state index in [4.69, 9.17) is 4.74 Å². The molecule has 1 aromatic heterocycles. The summed E-state index contributed by atoms with van der Waals surface area (Å²) in [5, 5.41) is 17.9. The highest BCUT2D eigenvalue weighted by Crippen LogP contribution is 2.10. The van der Waals surface area contributed by atoms with E-state index in [2.05, 4.69) is 15.4 Å². The summed E-state index contributed by atoms with van der Waals surface area (Å²) in [7, 11) is -3.34. The molecule has 1 aliphatic rings. The normalized spacial score (nSPS) is 15.7. The van der Waals surface area contributed by atoms with Crippen molar-refractivity contribution in [1.82, 2.24) is 24.3 Å². The third kappa shape index (κ3) is 8.86. The maximum Gasteiger partial charge on any atom is 0.306 e. The Kier molecular flexibility index (Phi) is 11.6. The number of nitrogens with one attached hydrogen (secondary N) is 1. The highest BCUT2D eigenvalue weighted by atomic mass is 127. The lowest BCUT2D eigenvalue weighted by atomic mass is 10.4. The van der Waals surface area contributed by atoms with Crippen LogP contribution in [0, 0.1) is 10.1 Å². The number of halogens is 1. The predicted molar refractivity (Wildman–Crippen MR) is 128 cm³/mol. The first-order chi connectivity index (χ1) is 14.2. The quantitative estimate of drug-likeness (QED) is 0.143. The largest absolute Gasteiger partial charge is 0.378 e. The van der Waals surface area contributed by atoms with Crippen LogP contribution in [0.1, 0.15) is 20.8 Å². The van der Waals surface area contributed by atoms with E-state index >= 15 is 0 Å². The third-order valence-electron chi connectivity index (χ3n) is 4.48. The van der Waals surface area contributed by atoms with E-state index in [1.54, 1.807) is 0 Å². The number of hydrogen-bond acceptors (Lipinski definition) is 7. The Hall–Kier alpha value is -1.52. The van der Waals surface area contributed by atoms with E-state index < -0.39 is 14.9 Å². The molecule has 1 N–H and O–H groups in total. The lowest BCUT2D eigenvalue weighted by Crippen LogP contribution is -2.54. The van der Waals surface area contributed by atoms with Gasteiger partial charge in [-0.1, -0.05) is 0 Å². The Morgan fingerprint density at radius 3 is 2.58 bits per heavy atom. The van der Waals surface area contributed by atoms with E-state index in [1.807, 2.05) is 25.7 Å². The van der Waals surface area contributed by atoms with Crippen molar-refractivity contribution in [2.45, 2.75) is 33.4 Å². The van der Waals surface area contributed by atoms with Crippen molar-refractivity contribution in [1.29, 1.82) is 0 Å². The van der Waals surface area contributed by atoms with Gasteiger partial charge in [0.25, 0.3) is 0 Å². The minimum atomic E-state index is -3.34. The summed E-state index contributed by atoms with van der Waals surface area (Å²) in [5.74, 6) is 0.675. The molecule has 0 radical (unpaired) electrons.